The molecule has 2 heterocycles. The first-order valence-electron chi connectivity index (χ1n) is 7.01. The minimum Gasteiger partial charge on any atom is -0.507 e. The van der Waals surface area contributed by atoms with Gasteiger partial charge in [-0.15, -0.1) is 10.2 Å². The summed E-state index contributed by atoms with van der Waals surface area (Å²) >= 11 is 11.9. The van der Waals surface area contributed by atoms with Crippen LogP contribution in [-0.2, 0) is 0 Å². The van der Waals surface area contributed by atoms with Gasteiger partial charge in [-0.25, -0.2) is 8.78 Å². The van der Waals surface area contributed by atoms with Crippen LogP contribution in [0.2, 0.25) is 10.0 Å². The van der Waals surface area contributed by atoms with Crippen molar-refractivity contribution in [3.8, 4) is 17.0 Å². The van der Waals surface area contributed by atoms with Gasteiger partial charge >= 0.3 is 0 Å². The zero-order valence-corrected chi connectivity index (χ0v) is 13.5. The van der Waals surface area contributed by atoms with Crippen molar-refractivity contribution in [2.45, 2.75) is 18.8 Å². The standard InChI is InChI=1S/C15H13Cl2F2N3O/c16-9-7-10(17)14(12(23)8-9)11-1-2-13(21-20-11)22-5-3-15(18,19)4-6-22/h1-2,7-8,23H,3-6H2. The molecule has 23 heavy (non-hydrogen) atoms. The van der Waals surface area contributed by atoms with Gasteiger partial charge in [-0.05, 0) is 24.3 Å². The van der Waals surface area contributed by atoms with E-state index in [0.717, 1.165) is 0 Å². The summed E-state index contributed by atoms with van der Waals surface area (Å²) in [7, 11) is 0. The van der Waals surface area contributed by atoms with E-state index >= 15 is 0 Å². The maximum Gasteiger partial charge on any atom is 0.251 e. The fraction of sp³-hybridized carbons (Fsp3) is 0.333. The highest BCUT2D eigenvalue weighted by molar-refractivity contribution is 6.36. The number of halogens is 4. The van der Waals surface area contributed by atoms with E-state index in [1.165, 1.54) is 12.1 Å². The van der Waals surface area contributed by atoms with Crippen LogP contribution in [0, 0.1) is 0 Å². The van der Waals surface area contributed by atoms with E-state index in [2.05, 4.69) is 10.2 Å². The first-order chi connectivity index (χ1) is 10.9. The molecule has 0 aliphatic carbocycles. The van der Waals surface area contributed by atoms with Gasteiger partial charge in [0.05, 0.1) is 16.3 Å². The van der Waals surface area contributed by atoms with Crippen LogP contribution in [-0.4, -0.2) is 34.3 Å². The first-order valence-corrected chi connectivity index (χ1v) is 7.76. The Morgan fingerprint density at radius 2 is 1.78 bits per heavy atom. The van der Waals surface area contributed by atoms with Gasteiger partial charge in [-0.2, -0.15) is 0 Å². The Balaban J connectivity index is 1.83. The maximum atomic E-state index is 13.2. The van der Waals surface area contributed by atoms with Crippen molar-refractivity contribution >= 4 is 29.0 Å². The molecule has 0 spiro atoms. The number of alkyl halides is 2. The number of nitrogens with zero attached hydrogens (tertiary/aromatic N) is 3. The highest BCUT2D eigenvalue weighted by Gasteiger charge is 2.34. The minimum atomic E-state index is -2.60. The van der Waals surface area contributed by atoms with E-state index in [0.29, 0.717) is 22.1 Å². The zero-order valence-electron chi connectivity index (χ0n) is 11.9. The van der Waals surface area contributed by atoms with E-state index < -0.39 is 5.92 Å². The molecule has 0 amide bonds. The summed E-state index contributed by atoms with van der Waals surface area (Å²) in [6, 6.07) is 6.19. The number of phenols is 1. The highest BCUT2D eigenvalue weighted by Crippen LogP contribution is 2.37. The molecule has 4 nitrogen and oxygen atoms in total. The Labute approximate surface area is 141 Å². The summed E-state index contributed by atoms with van der Waals surface area (Å²) in [5.41, 5.74) is 0.718. The van der Waals surface area contributed by atoms with Crippen molar-refractivity contribution in [2.24, 2.45) is 0 Å². The Kier molecular flexibility index (Phi) is 4.29. The molecule has 0 bridgehead atoms. The number of piperidine rings is 1. The Hall–Kier alpha value is -1.66. The van der Waals surface area contributed by atoms with Crippen LogP contribution in [0.3, 0.4) is 0 Å². The number of benzene rings is 1. The van der Waals surface area contributed by atoms with Gasteiger partial charge in [0.15, 0.2) is 5.82 Å². The predicted molar refractivity (Wildman–Crippen MR) is 85.5 cm³/mol. The third kappa shape index (κ3) is 3.48. The van der Waals surface area contributed by atoms with E-state index in [9.17, 15) is 13.9 Å². The lowest BCUT2D eigenvalue weighted by atomic mass is 10.1. The van der Waals surface area contributed by atoms with Crippen LogP contribution < -0.4 is 4.90 Å². The third-order valence-corrected chi connectivity index (χ3v) is 4.28. The van der Waals surface area contributed by atoms with Gasteiger partial charge in [0, 0.05) is 31.0 Å². The molecule has 1 aliphatic rings. The molecule has 1 saturated heterocycles. The number of hydrogen-bond donors (Lipinski definition) is 1. The number of hydrogen-bond acceptors (Lipinski definition) is 4. The monoisotopic (exact) mass is 359 g/mol. The second kappa shape index (κ2) is 6.09. The van der Waals surface area contributed by atoms with Crippen LogP contribution in [0.1, 0.15) is 12.8 Å². The second-order valence-corrected chi connectivity index (χ2v) is 6.25. The molecule has 122 valence electrons. The van der Waals surface area contributed by atoms with Gasteiger partial charge < -0.3 is 10.0 Å². The smallest absolute Gasteiger partial charge is 0.251 e. The molecule has 8 heteroatoms. The third-order valence-electron chi connectivity index (χ3n) is 3.76. The van der Waals surface area contributed by atoms with E-state index in [1.54, 1.807) is 17.0 Å². The van der Waals surface area contributed by atoms with E-state index in [-0.39, 0.29) is 36.7 Å². The Bertz CT molecular complexity index is 692. The average molecular weight is 360 g/mol. The Morgan fingerprint density at radius 3 is 2.35 bits per heavy atom. The fourth-order valence-electron chi connectivity index (χ4n) is 2.50. The quantitative estimate of drug-likeness (QED) is 0.863. The van der Waals surface area contributed by atoms with Gasteiger partial charge in [0.1, 0.15) is 5.75 Å². The molecule has 1 aromatic carbocycles. The van der Waals surface area contributed by atoms with Crippen molar-refractivity contribution in [2.75, 3.05) is 18.0 Å². The summed E-state index contributed by atoms with van der Waals surface area (Å²) in [5.74, 6) is -2.18. The summed E-state index contributed by atoms with van der Waals surface area (Å²) in [6.45, 7) is 0.460. The molecule has 1 aromatic heterocycles. The van der Waals surface area contributed by atoms with Crippen LogP contribution in [0.4, 0.5) is 14.6 Å². The van der Waals surface area contributed by atoms with Gasteiger partial charge in [0.25, 0.3) is 5.92 Å². The largest absolute Gasteiger partial charge is 0.507 e. The highest BCUT2D eigenvalue weighted by atomic mass is 35.5. The van der Waals surface area contributed by atoms with Crippen molar-refractivity contribution in [1.29, 1.82) is 0 Å². The van der Waals surface area contributed by atoms with Crippen molar-refractivity contribution < 1.29 is 13.9 Å². The predicted octanol–water partition coefficient (Wildman–Crippen LogP) is 4.39. The molecule has 2 aromatic rings. The molecular weight excluding hydrogens is 347 g/mol. The van der Waals surface area contributed by atoms with Crippen LogP contribution in [0.15, 0.2) is 24.3 Å². The Morgan fingerprint density at radius 1 is 1.09 bits per heavy atom. The summed E-state index contributed by atoms with van der Waals surface area (Å²) in [5, 5.41) is 18.6. The molecule has 0 saturated carbocycles. The summed E-state index contributed by atoms with van der Waals surface area (Å²) in [4.78, 5) is 1.76. The fourth-order valence-corrected chi connectivity index (χ4v) is 3.08. The van der Waals surface area contributed by atoms with Crippen LogP contribution >= 0.6 is 23.2 Å². The lowest BCUT2D eigenvalue weighted by Crippen LogP contribution is -2.39. The van der Waals surface area contributed by atoms with Crippen LogP contribution in [0.25, 0.3) is 11.3 Å². The molecule has 0 atom stereocenters. The number of rotatable bonds is 2. The average Bonchev–Trinajstić information content (AvgIpc) is 2.47. The SMILES string of the molecule is Oc1cc(Cl)cc(Cl)c1-c1ccc(N2CCC(F)(F)CC2)nn1. The second-order valence-electron chi connectivity index (χ2n) is 5.40. The summed E-state index contributed by atoms with van der Waals surface area (Å²) in [6.07, 6.45) is -0.388. The van der Waals surface area contributed by atoms with Crippen LogP contribution in [0.5, 0.6) is 5.75 Å². The van der Waals surface area contributed by atoms with Gasteiger partial charge in [-0.3, -0.25) is 0 Å². The maximum absolute atomic E-state index is 13.2. The summed E-state index contributed by atoms with van der Waals surface area (Å²) < 4.78 is 26.4. The zero-order chi connectivity index (χ0) is 16.6. The van der Waals surface area contributed by atoms with E-state index in [4.69, 9.17) is 23.2 Å². The molecule has 1 aliphatic heterocycles. The molecule has 0 unspecified atom stereocenters. The number of aromatic hydroxyl groups is 1. The number of aromatic nitrogens is 2. The van der Waals surface area contributed by atoms with E-state index in [1.807, 2.05) is 0 Å². The number of anilines is 1. The molecule has 1 fully saturated rings. The molecular formula is C15H13Cl2F2N3O. The topological polar surface area (TPSA) is 49.2 Å². The van der Waals surface area contributed by atoms with Gasteiger partial charge in [-0.1, -0.05) is 23.2 Å². The number of phenolic OH excluding ortho intramolecular Hbond substituents is 1. The normalized spacial score (nSPS) is 17.3. The lowest BCUT2D eigenvalue weighted by Gasteiger charge is -2.32. The van der Waals surface area contributed by atoms with Crippen molar-refractivity contribution in [1.82, 2.24) is 10.2 Å². The van der Waals surface area contributed by atoms with Crippen molar-refractivity contribution in [3.05, 3.63) is 34.3 Å². The van der Waals surface area contributed by atoms with Crippen molar-refractivity contribution in [3.63, 3.8) is 0 Å². The van der Waals surface area contributed by atoms with Gasteiger partial charge in [0.2, 0.25) is 0 Å². The molecule has 1 N–H and O–H groups in total. The molecule has 0 radical (unpaired) electrons. The minimum absolute atomic E-state index is 0.0952. The first kappa shape index (κ1) is 16.2. The molecule has 3 rings (SSSR count). The lowest BCUT2D eigenvalue weighted by molar-refractivity contribution is -0.0221.